The third-order valence-electron chi connectivity index (χ3n) is 2.82. The second-order valence-electron chi connectivity index (χ2n) is 4.61. The smallest absolute Gasteiger partial charge is 0.240 e. The standard InChI is InChI=1S/C12H21N3O2S/c1-9(2)10(7-8-13)15-11-5-3-4-6-12(11)18(14,16)17/h3-6,9-10,15H,7-8,13H2,1-2H3,(H2,14,16,17). The van der Waals surface area contributed by atoms with Crippen molar-refractivity contribution in [2.75, 3.05) is 11.9 Å². The molecular formula is C12H21N3O2S. The van der Waals surface area contributed by atoms with Crippen LogP contribution >= 0.6 is 0 Å². The van der Waals surface area contributed by atoms with Crippen LogP contribution in [-0.4, -0.2) is 21.0 Å². The highest BCUT2D eigenvalue weighted by Crippen LogP contribution is 2.22. The van der Waals surface area contributed by atoms with Crippen LogP contribution in [0.1, 0.15) is 20.3 Å². The van der Waals surface area contributed by atoms with E-state index in [9.17, 15) is 8.42 Å². The summed E-state index contributed by atoms with van der Waals surface area (Å²) in [5, 5.41) is 8.41. The average Bonchev–Trinajstić information content (AvgIpc) is 2.27. The molecule has 5 N–H and O–H groups in total. The summed E-state index contributed by atoms with van der Waals surface area (Å²) in [6, 6.07) is 6.76. The quantitative estimate of drug-likeness (QED) is 0.722. The van der Waals surface area contributed by atoms with Crippen LogP contribution in [0.5, 0.6) is 0 Å². The van der Waals surface area contributed by atoms with Gasteiger partial charge in [-0.05, 0) is 31.0 Å². The van der Waals surface area contributed by atoms with Gasteiger partial charge >= 0.3 is 0 Å². The molecule has 0 radical (unpaired) electrons. The molecule has 0 heterocycles. The summed E-state index contributed by atoms with van der Waals surface area (Å²) < 4.78 is 23.0. The summed E-state index contributed by atoms with van der Waals surface area (Å²) in [4.78, 5) is 0.118. The van der Waals surface area contributed by atoms with Crippen LogP contribution in [-0.2, 0) is 10.0 Å². The highest BCUT2D eigenvalue weighted by atomic mass is 32.2. The van der Waals surface area contributed by atoms with E-state index in [2.05, 4.69) is 19.2 Å². The molecule has 1 unspecified atom stereocenters. The van der Waals surface area contributed by atoms with Crippen molar-refractivity contribution in [3.05, 3.63) is 24.3 Å². The third-order valence-corrected chi connectivity index (χ3v) is 3.79. The monoisotopic (exact) mass is 271 g/mol. The summed E-state index contributed by atoms with van der Waals surface area (Å²) in [5.41, 5.74) is 6.10. The molecule has 18 heavy (non-hydrogen) atoms. The zero-order chi connectivity index (χ0) is 13.8. The van der Waals surface area contributed by atoms with E-state index in [1.807, 2.05) is 0 Å². The van der Waals surface area contributed by atoms with E-state index >= 15 is 0 Å². The number of rotatable bonds is 6. The highest BCUT2D eigenvalue weighted by Gasteiger charge is 2.17. The van der Waals surface area contributed by atoms with Crippen molar-refractivity contribution in [1.82, 2.24) is 0 Å². The first kappa shape index (κ1) is 14.9. The van der Waals surface area contributed by atoms with Gasteiger partial charge in [-0.2, -0.15) is 0 Å². The van der Waals surface area contributed by atoms with E-state index in [0.717, 1.165) is 6.42 Å². The Balaban J connectivity index is 3.03. The van der Waals surface area contributed by atoms with E-state index in [4.69, 9.17) is 10.9 Å². The van der Waals surface area contributed by atoms with Crippen LogP contribution in [0.2, 0.25) is 0 Å². The number of benzene rings is 1. The fourth-order valence-electron chi connectivity index (χ4n) is 1.79. The summed E-state index contributed by atoms with van der Waals surface area (Å²) >= 11 is 0. The minimum atomic E-state index is -3.71. The highest BCUT2D eigenvalue weighted by molar-refractivity contribution is 7.89. The molecule has 102 valence electrons. The van der Waals surface area contributed by atoms with Gasteiger partial charge in [0.15, 0.2) is 0 Å². The zero-order valence-corrected chi connectivity index (χ0v) is 11.6. The van der Waals surface area contributed by atoms with Gasteiger partial charge in [0, 0.05) is 6.04 Å². The Morgan fingerprint density at radius 1 is 1.28 bits per heavy atom. The molecule has 0 aliphatic rings. The Hall–Kier alpha value is -1.11. The number of hydrogen-bond donors (Lipinski definition) is 3. The molecule has 0 saturated carbocycles. The molecule has 1 aromatic carbocycles. The van der Waals surface area contributed by atoms with E-state index in [0.29, 0.717) is 18.2 Å². The van der Waals surface area contributed by atoms with Gasteiger partial charge in [-0.15, -0.1) is 0 Å². The topological polar surface area (TPSA) is 98.2 Å². The summed E-state index contributed by atoms with van der Waals surface area (Å²) in [6.45, 7) is 4.67. The van der Waals surface area contributed by atoms with Crippen molar-refractivity contribution in [3.63, 3.8) is 0 Å². The van der Waals surface area contributed by atoms with E-state index in [-0.39, 0.29) is 10.9 Å². The van der Waals surface area contributed by atoms with Crippen LogP contribution in [0.25, 0.3) is 0 Å². The largest absolute Gasteiger partial charge is 0.381 e. The number of nitrogens with two attached hydrogens (primary N) is 2. The van der Waals surface area contributed by atoms with Gasteiger partial charge in [-0.3, -0.25) is 0 Å². The Morgan fingerprint density at radius 3 is 2.39 bits per heavy atom. The number of primary sulfonamides is 1. The van der Waals surface area contributed by atoms with Crippen LogP contribution in [0.4, 0.5) is 5.69 Å². The van der Waals surface area contributed by atoms with E-state index in [1.54, 1.807) is 18.2 Å². The minimum Gasteiger partial charge on any atom is -0.381 e. The molecule has 6 heteroatoms. The van der Waals surface area contributed by atoms with E-state index in [1.165, 1.54) is 6.07 Å². The molecule has 0 aliphatic heterocycles. The summed E-state index contributed by atoms with van der Waals surface area (Å²) in [5.74, 6) is 0.349. The molecule has 0 saturated heterocycles. The van der Waals surface area contributed by atoms with Gasteiger partial charge in [0.05, 0.1) is 5.69 Å². The molecule has 5 nitrogen and oxygen atoms in total. The van der Waals surface area contributed by atoms with Crippen molar-refractivity contribution in [2.24, 2.45) is 16.8 Å². The molecule has 0 bridgehead atoms. The van der Waals surface area contributed by atoms with Gasteiger partial charge in [0.2, 0.25) is 10.0 Å². The first-order chi connectivity index (χ1) is 8.36. The van der Waals surface area contributed by atoms with Crippen LogP contribution < -0.4 is 16.2 Å². The van der Waals surface area contributed by atoms with Crippen molar-refractivity contribution < 1.29 is 8.42 Å². The predicted molar refractivity (Wildman–Crippen MR) is 73.7 cm³/mol. The summed E-state index contributed by atoms with van der Waals surface area (Å²) in [7, 11) is -3.71. The SMILES string of the molecule is CC(C)C(CCN)Nc1ccccc1S(N)(=O)=O. The van der Waals surface area contributed by atoms with Crippen molar-refractivity contribution >= 4 is 15.7 Å². The lowest BCUT2D eigenvalue weighted by molar-refractivity contribution is 0.498. The van der Waals surface area contributed by atoms with Gasteiger partial charge in [0.25, 0.3) is 0 Å². The number of sulfonamides is 1. The maximum atomic E-state index is 11.5. The Bertz CT molecular complexity index is 486. The Kier molecular flexibility index (Phi) is 5.13. The number of anilines is 1. The van der Waals surface area contributed by atoms with Gasteiger partial charge in [0.1, 0.15) is 4.90 Å². The molecule has 1 atom stereocenters. The molecule has 0 fully saturated rings. The molecule has 1 rings (SSSR count). The first-order valence-electron chi connectivity index (χ1n) is 5.94. The first-order valence-corrected chi connectivity index (χ1v) is 7.49. The van der Waals surface area contributed by atoms with Crippen molar-refractivity contribution in [3.8, 4) is 0 Å². The average molecular weight is 271 g/mol. The molecule has 1 aromatic rings. The minimum absolute atomic E-state index is 0.118. The predicted octanol–water partition coefficient (Wildman–Crippen LogP) is 1.12. The van der Waals surface area contributed by atoms with Crippen molar-refractivity contribution in [2.45, 2.75) is 31.2 Å². The third kappa shape index (κ3) is 3.97. The van der Waals surface area contributed by atoms with Crippen LogP contribution in [0.15, 0.2) is 29.2 Å². The molecule has 0 aliphatic carbocycles. The molecule has 0 amide bonds. The van der Waals surface area contributed by atoms with Crippen molar-refractivity contribution in [1.29, 1.82) is 0 Å². The van der Waals surface area contributed by atoms with Gasteiger partial charge in [-0.25, -0.2) is 13.6 Å². The molecule has 0 aromatic heterocycles. The number of nitrogens with one attached hydrogen (secondary N) is 1. The van der Waals surface area contributed by atoms with Gasteiger partial charge in [-0.1, -0.05) is 26.0 Å². The van der Waals surface area contributed by atoms with E-state index < -0.39 is 10.0 Å². The van der Waals surface area contributed by atoms with Gasteiger partial charge < -0.3 is 11.1 Å². The second-order valence-corrected chi connectivity index (χ2v) is 6.14. The fourth-order valence-corrected chi connectivity index (χ4v) is 2.49. The lowest BCUT2D eigenvalue weighted by Gasteiger charge is -2.24. The Morgan fingerprint density at radius 2 is 1.89 bits per heavy atom. The normalized spacial score (nSPS) is 13.6. The van der Waals surface area contributed by atoms with Crippen LogP contribution in [0, 0.1) is 5.92 Å². The number of para-hydroxylation sites is 1. The zero-order valence-electron chi connectivity index (χ0n) is 10.8. The Labute approximate surface area is 109 Å². The summed E-state index contributed by atoms with van der Waals surface area (Å²) in [6.07, 6.45) is 0.774. The van der Waals surface area contributed by atoms with Crippen LogP contribution in [0.3, 0.4) is 0 Å². The maximum absolute atomic E-state index is 11.5. The molecule has 0 spiro atoms. The lowest BCUT2D eigenvalue weighted by atomic mass is 10.0. The maximum Gasteiger partial charge on any atom is 0.240 e. The lowest BCUT2D eigenvalue weighted by Crippen LogP contribution is -2.29. The molecular weight excluding hydrogens is 250 g/mol. The second kappa shape index (κ2) is 6.17. The fraction of sp³-hybridized carbons (Fsp3) is 0.500. The number of hydrogen-bond acceptors (Lipinski definition) is 4.